The molecule has 3 radical (unpaired) electrons. The third kappa shape index (κ3) is 158. The fraction of sp³-hybridized carbons (Fsp3) is 0. The van der Waals surface area contributed by atoms with Crippen LogP contribution in [0.2, 0.25) is 0 Å². The van der Waals surface area contributed by atoms with E-state index in [9.17, 15) is 0 Å². The zero-order valence-electron chi connectivity index (χ0n) is 4.38. The van der Waals surface area contributed by atoms with E-state index < -0.39 is 0 Å². The van der Waals surface area contributed by atoms with E-state index in [0.717, 1.165) is 0 Å². The molecule has 0 atom stereocenters. The maximum absolute atomic E-state index is 6.47. The quantitative estimate of drug-likeness (QED) is 0.477. The summed E-state index contributed by atoms with van der Waals surface area (Å²) in [6, 6.07) is 0. The van der Waals surface area contributed by atoms with Gasteiger partial charge in [-0.15, -0.1) is 0 Å². The molecule has 0 aromatic heterocycles. The SMILES string of the molecule is OCl.OCl.OCl.OCl.[Al].[Zr]. The molecule has 4 N–H and O–H groups in total. The third-order valence-electron chi connectivity index (χ3n) is 0. The number of hydrogen-bond acceptors (Lipinski definition) is 4. The number of hydrogen-bond donors (Lipinski definition) is 4. The Balaban J connectivity index is -0.00000000500. The van der Waals surface area contributed by atoms with Crippen LogP contribution in [0.4, 0.5) is 0 Å². The van der Waals surface area contributed by atoms with Crippen LogP contribution in [-0.4, -0.2) is 36.0 Å². The summed E-state index contributed by atoms with van der Waals surface area (Å²) in [5.41, 5.74) is 0. The Morgan fingerprint density at radius 2 is 0.500 bits per heavy atom. The zero-order valence-corrected chi connectivity index (χ0v) is 11.0. The fourth-order valence-corrected chi connectivity index (χ4v) is 0. The monoisotopic (exact) mass is 325 g/mol. The molecule has 63 valence electrons. The largest absolute Gasteiger partial charge is 0.295 e. The molecule has 10 heteroatoms. The Labute approximate surface area is 109 Å². The van der Waals surface area contributed by atoms with Crippen LogP contribution in [0.25, 0.3) is 0 Å². The van der Waals surface area contributed by atoms with Gasteiger partial charge in [-0.25, -0.2) is 0 Å². The standard InChI is InChI=1S/Al.4ClHO.Zr/c;4*1-2;/h;4*2H;. The summed E-state index contributed by atoms with van der Waals surface area (Å²) in [5.74, 6) is 0. The van der Waals surface area contributed by atoms with Gasteiger partial charge >= 0.3 is 0 Å². The maximum atomic E-state index is 6.47. The van der Waals surface area contributed by atoms with Crippen LogP contribution in [0.1, 0.15) is 0 Å². The van der Waals surface area contributed by atoms with E-state index in [1.807, 2.05) is 0 Å². The minimum atomic E-state index is 0. The predicted molar refractivity (Wildman–Crippen MR) is 38.0 cm³/mol. The number of rotatable bonds is 0. The van der Waals surface area contributed by atoms with Crippen molar-refractivity contribution in [1.82, 2.24) is 0 Å². The predicted octanol–water partition coefficient (Wildman–Crippen LogP) is 0.147. The van der Waals surface area contributed by atoms with Crippen molar-refractivity contribution in [3.05, 3.63) is 0 Å². The molecule has 10 heavy (non-hydrogen) atoms. The smallest absolute Gasteiger partial charge is 0.0579 e. The molecule has 0 amide bonds. The number of halogens is 4. The summed E-state index contributed by atoms with van der Waals surface area (Å²) in [6.45, 7) is 0. The van der Waals surface area contributed by atoms with Crippen molar-refractivity contribution < 1.29 is 44.8 Å². The molecule has 0 saturated heterocycles. The van der Waals surface area contributed by atoms with Crippen molar-refractivity contribution in [3.63, 3.8) is 0 Å². The van der Waals surface area contributed by atoms with Crippen molar-refractivity contribution in [2.24, 2.45) is 0 Å². The van der Waals surface area contributed by atoms with Gasteiger partial charge in [0, 0.05) is 43.6 Å². The van der Waals surface area contributed by atoms with E-state index in [1.165, 1.54) is 0 Å². The normalized spacial score (nSPS) is 2.40. The summed E-state index contributed by atoms with van der Waals surface area (Å²) in [4.78, 5) is 0. The summed E-state index contributed by atoms with van der Waals surface area (Å²) in [6.07, 6.45) is 0. The Bertz CT molecular complexity index is 17.2. The van der Waals surface area contributed by atoms with Crippen molar-refractivity contribution in [1.29, 1.82) is 0 Å². The van der Waals surface area contributed by atoms with Gasteiger partial charge in [0.15, 0.2) is 0 Å². The minimum Gasteiger partial charge on any atom is -0.295 e. The van der Waals surface area contributed by atoms with Gasteiger partial charge in [-0.05, 0) is 0 Å². The topological polar surface area (TPSA) is 80.9 Å². The summed E-state index contributed by atoms with van der Waals surface area (Å²) < 4.78 is 25.9. The van der Waals surface area contributed by atoms with E-state index in [-0.39, 0.29) is 43.6 Å². The zero-order chi connectivity index (χ0) is 8.00. The second-order valence-electron chi connectivity index (χ2n) is 0. The molecule has 0 heterocycles. The molecule has 0 aromatic rings. The molecule has 0 bridgehead atoms. The van der Waals surface area contributed by atoms with Gasteiger partial charge in [-0.1, -0.05) is 0 Å². The Morgan fingerprint density at radius 1 is 0.500 bits per heavy atom. The second kappa shape index (κ2) is 212. The van der Waals surface area contributed by atoms with E-state index in [2.05, 4.69) is 47.5 Å². The fourth-order valence-electron chi connectivity index (χ4n) is 0. The van der Waals surface area contributed by atoms with Gasteiger partial charge < -0.3 is 0 Å². The molecule has 0 spiro atoms. The van der Waals surface area contributed by atoms with Crippen LogP contribution in [0.15, 0.2) is 0 Å². The average Bonchev–Trinajstić information content (AvgIpc) is 2.03. The molecule has 0 saturated carbocycles. The van der Waals surface area contributed by atoms with Gasteiger partial charge in [0.25, 0.3) is 0 Å². The van der Waals surface area contributed by atoms with E-state index in [0.29, 0.717) is 0 Å². The van der Waals surface area contributed by atoms with E-state index in [1.54, 1.807) is 0 Å². The van der Waals surface area contributed by atoms with Gasteiger partial charge in [-0.2, -0.15) is 0 Å². The summed E-state index contributed by atoms with van der Waals surface area (Å²) in [7, 11) is 0. The Kier molecular flexibility index (Phi) is 834. The van der Waals surface area contributed by atoms with Crippen molar-refractivity contribution in [3.8, 4) is 0 Å². The molecule has 0 aromatic carbocycles. The van der Waals surface area contributed by atoms with Gasteiger partial charge in [0.05, 0.1) is 47.5 Å². The molecule has 4 nitrogen and oxygen atoms in total. The minimum absolute atomic E-state index is 0. The third-order valence-corrected chi connectivity index (χ3v) is 0. The van der Waals surface area contributed by atoms with Crippen molar-refractivity contribution in [2.45, 2.75) is 0 Å². The molecule has 0 aliphatic heterocycles. The second-order valence-corrected chi connectivity index (χ2v) is 0. The molecule has 0 unspecified atom stereocenters. The molecule has 0 fully saturated rings. The van der Waals surface area contributed by atoms with E-state index in [4.69, 9.17) is 18.6 Å². The molecular formula is H4AlCl4O4Zr. The molecule has 0 rings (SSSR count). The van der Waals surface area contributed by atoms with Crippen LogP contribution in [0.5, 0.6) is 0 Å². The van der Waals surface area contributed by atoms with Gasteiger partial charge in [0.1, 0.15) is 0 Å². The first-order valence-electron chi connectivity index (χ1n) is 0.676. The van der Waals surface area contributed by atoms with Crippen LogP contribution < -0.4 is 0 Å². The maximum Gasteiger partial charge on any atom is 0.0579 e. The summed E-state index contributed by atoms with van der Waals surface area (Å²) in [5, 5.41) is 0. The van der Waals surface area contributed by atoms with Crippen molar-refractivity contribution in [2.75, 3.05) is 0 Å². The molecular weight excluding hydrogens is 324 g/mol. The summed E-state index contributed by atoms with van der Waals surface area (Å²) >= 11 is 14.6. The molecule has 0 aliphatic carbocycles. The van der Waals surface area contributed by atoms with Gasteiger partial charge in [0.2, 0.25) is 0 Å². The first-order chi connectivity index (χ1) is 4.00. The average molecular weight is 328 g/mol. The Hall–Kier alpha value is 2.42. The first-order valence-corrected chi connectivity index (χ1v) is 2.03. The van der Waals surface area contributed by atoms with Crippen molar-refractivity contribution >= 4 is 64.8 Å². The van der Waals surface area contributed by atoms with Crippen LogP contribution in [0, 0.1) is 0 Å². The Morgan fingerprint density at radius 3 is 0.500 bits per heavy atom. The van der Waals surface area contributed by atoms with E-state index >= 15 is 0 Å². The van der Waals surface area contributed by atoms with Gasteiger partial charge in [-0.3, -0.25) is 18.6 Å². The molecule has 0 aliphatic rings. The van der Waals surface area contributed by atoms with Crippen LogP contribution >= 0.6 is 47.5 Å². The van der Waals surface area contributed by atoms with Crippen LogP contribution in [-0.2, 0) is 26.2 Å². The first kappa shape index (κ1) is 39.3. The van der Waals surface area contributed by atoms with Crippen LogP contribution in [0.3, 0.4) is 0 Å².